The topological polar surface area (TPSA) is 35.6 Å². The van der Waals surface area contributed by atoms with Crippen LogP contribution in [0.25, 0.3) is 0 Å². The normalized spacial score (nSPS) is 14.8. The second kappa shape index (κ2) is 9.95. The molecule has 0 bridgehead atoms. The maximum atomic E-state index is 13.5. The van der Waals surface area contributed by atoms with Gasteiger partial charge in [-0.2, -0.15) is 0 Å². The second-order valence-electron chi connectivity index (χ2n) is 4.87. The van der Waals surface area contributed by atoms with Gasteiger partial charge in [-0.15, -0.1) is 24.8 Å². The highest BCUT2D eigenvalue weighted by Gasteiger charge is 2.17. The molecule has 0 unspecified atom stereocenters. The van der Waals surface area contributed by atoms with Gasteiger partial charge in [-0.3, -0.25) is 9.69 Å². The standard InChI is InChI=1S/C14H20FN3O.2ClH/c1-17(10-12-4-2-3-5-13(12)15)14(19)11-18-8-6-16-7-9-18;;/h2-5,16H,6-11H2,1H3;2*1H. The van der Waals surface area contributed by atoms with E-state index in [0.29, 0.717) is 18.7 Å². The molecule has 1 aliphatic rings. The lowest BCUT2D eigenvalue weighted by Crippen LogP contribution is -2.47. The van der Waals surface area contributed by atoms with Crippen LogP contribution in [0.15, 0.2) is 24.3 Å². The number of hydrogen-bond acceptors (Lipinski definition) is 3. The van der Waals surface area contributed by atoms with Gasteiger partial charge in [-0.1, -0.05) is 18.2 Å². The van der Waals surface area contributed by atoms with Crippen LogP contribution in [0.2, 0.25) is 0 Å². The molecule has 21 heavy (non-hydrogen) atoms. The maximum Gasteiger partial charge on any atom is 0.236 e. The van der Waals surface area contributed by atoms with Gasteiger partial charge in [0.2, 0.25) is 5.91 Å². The van der Waals surface area contributed by atoms with Crippen molar-refractivity contribution in [3.63, 3.8) is 0 Å². The molecule has 1 fully saturated rings. The van der Waals surface area contributed by atoms with E-state index in [1.807, 2.05) is 0 Å². The number of likely N-dealkylation sites (N-methyl/N-ethyl adjacent to an activating group) is 1. The van der Waals surface area contributed by atoms with Crippen LogP contribution in [0, 0.1) is 5.82 Å². The summed E-state index contributed by atoms with van der Waals surface area (Å²) in [5.41, 5.74) is 0.554. The van der Waals surface area contributed by atoms with Gasteiger partial charge < -0.3 is 10.2 Å². The first kappa shape index (κ1) is 20.1. The van der Waals surface area contributed by atoms with Crippen molar-refractivity contribution < 1.29 is 9.18 Å². The minimum atomic E-state index is -0.260. The van der Waals surface area contributed by atoms with Gasteiger partial charge in [-0.05, 0) is 6.07 Å². The number of hydrogen-bond donors (Lipinski definition) is 1. The molecular formula is C14H22Cl2FN3O. The zero-order valence-electron chi connectivity index (χ0n) is 12.0. The molecule has 0 spiro atoms. The monoisotopic (exact) mass is 337 g/mol. The minimum Gasteiger partial charge on any atom is -0.340 e. The molecule has 0 atom stereocenters. The molecule has 4 nitrogen and oxygen atoms in total. The predicted molar refractivity (Wildman–Crippen MR) is 86.7 cm³/mol. The Kier molecular flexibility index (Phi) is 9.53. The fraction of sp³-hybridized carbons (Fsp3) is 0.500. The summed E-state index contributed by atoms with van der Waals surface area (Å²) in [6.45, 7) is 4.34. The highest BCUT2D eigenvalue weighted by molar-refractivity contribution is 5.85. The van der Waals surface area contributed by atoms with Gasteiger partial charge in [0.05, 0.1) is 6.54 Å². The fourth-order valence-electron chi connectivity index (χ4n) is 2.15. The summed E-state index contributed by atoms with van der Waals surface area (Å²) in [4.78, 5) is 15.8. The van der Waals surface area contributed by atoms with Gasteiger partial charge in [0, 0.05) is 45.3 Å². The van der Waals surface area contributed by atoms with Crippen molar-refractivity contribution in [2.24, 2.45) is 0 Å². The molecular weight excluding hydrogens is 316 g/mol. The second-order valence-corrected chi connectivity index (χ2v) is 4.87. The number of amides is 1. The first-order chi connectivity index (χ1) is 9.16. The highest BCUT2D eigenvalue weighted by Crippen LogP contribution is 2.09. The Labute approximate surface area is 137 Å². The Balaban J connectivity index is 0.00000200. The van der Waals surface area contributed by atoms with Crippen LogP contribution in [0.4, 0.5) is 4.39 Å². The van der Waals surface area contributed by atoms with Gasteiger partial charge in [0.25, 0.3) is 0 Å². The highest BCUT2D eigenvalue weighted by atomic mass is 35.5. The molecule has 1 aliphatic heterocycles. The average Bonchev–Trinajstić information content (AvgIpc) is 2.42. The molecule has 0 saturated carbocycles. The summed E-state index contributed by atoms with van der Waals surface area (Å²) >= 11 is 0. The van der Waals surface area contributed by atoms with Crippen molar-refractivity contribution in [3.05, 3.63) is 35.6 Å². The summed E-state index contributed by atoms with van der Waals surface area (Å²) in [5.74, 6) is -0.227. The van der Waals surface area contributed by atoms with E-state index in [-0.39, 0.29) is 36.5 Å². The largest absolute Gasteiger partial charge is 0.340 e. The number of rotatable bonds is 4. The third kappa shape index (κ3) is 6.18. The number of carbonyl (C=O) groups is 1. The van der Waals surface area contributed by atoms with E-state index in [4.69, 9.17) is 0 Å². The number of carbonyl (C=O) groups excluding carboxylic acids is 1. The molecule has 0 aliphatic carbocycles. The van der Waals surface area contributed by atoms with Crippen LogP contribution in [0.1, 0.15) is 5.56 Å². The van der Waals surface area contributed by atoms with Crippen LogP contribution < -0.4 is 5.32 Å². The Morgan fingerprint density at radius 2 is 1.90 bits per heavy atom. The molecule has 1 saturated heterocycles. The van der Waals surface area contributed by atoms with E-state index in [1.165, 1.54) is 6.07 Å². The number of halogens is 3. The minimum absolute atomic E-state index is 0. The summed E-state index contributed by atoms with van der Waals surface area (Å²) < 4.78 is 13.5. The Hall–Kier alpha value is -0.880. The van der Waals surface area contributed by atoms with Crippen LogP contribution in [0.3, 0.4) is 0 Å². The third-order valence-corrected chi connectivity index (χ3v) is 3.36. The average molecular weight is 338 g/mol. The molecule has 1 N–H and O–H groups in total. The van der Waals surface area contributed by atoms with Crippen LogP contribution in [0.5, 0.6) is 0 Å². The van der Waals surface area contributed by atoms with Crippen molar-refractivity contribution in [2.45, 2.75) is 6.54 Å². The Morgan fingerprint density at radius 3 is 2.52 bits per heavy atom. The summed E-state index contributed by atoms with van der Waals surface area (Å²) in [6, 6.07) is 6.57. The molecule has 0 radical (unpaired) electrons. The van der Waals surface area contributed by atoms with Gasteiger partial charge in [0.1, 0.15) is 5.82 Å². The van der Waals surface area contributed by atoms with E-state index in [0.717, 1.165) is 26.2 Å². The van der Waals surface area contributed by atoms with Crippen LogP contribution >= 0.6 is 24.8 Å². The Bertz CT molecular complexity index is 442. The fourth-order valence-corrected chi connectivity index (χ4v) is 2.15. The summed E-state index contributed by atoms with van der Waals surface area (Å²) in [7, 11) is 1.72. The molecule has 1 aromatic carbocycles. The molecule has 2 rings (SSSR count). The van der Waals surface area contributed by atoms with Gasteiger partial charge >= 0.3 is 0 Å². The molecule has 120 valence electrons. The van der Waals surface area contributed by atoms with Crippen molar-refractivity contribution >= 4 is 30.7 Å². The van der Waals surface area contributed by atoms with Crippen LogP contribution in [-0.2, 0) is 11.3 Å². The third-order valence-electron chi connectivity index (χ3n) is 3.36. The van der Waals surface area contributed by atoms with Gasteiger partial charge in [0.15, 0.2) is 0 Å². The van der Waals surface area contributed by atoms with E-state index in [1.54, 1.807) is 30.1 Å². The zero-order valence-corrected chi connectivity index (χ0v) is 13.7. The number of nitrogens with zero attached hydrogens (tertiary/aromatic N) is 2. The van der Waals surface area contributed by atoms with E-state index in [9.17, 15) is 9.18 Å². The first-order valence-electron chi connectivity index (χ1n) is 6.57. The van der Waals surface area contributed by atoms with Crippen molar-refractivity contribution in [1.29, 1.82) is 0 Å². The SMILES string of the molecule is CN(Cc1ccccc1F)C(=O)CN1CCNCC1.Cl.Cl. The maximum absolute atomic E-state index is 13.5. The number of nitrogens with one attached hydrogen (secondary N) is 1. The molecule has 1 heterocycles. The van der Waals surface area contributed by atoms with E-state index >= 15 is 0 Å². The number of piperazine rings is 1. The molecule has 1 aromatic rings. The lowest BCUT2D eigenvalue weighted by Gasteiger charge is -2.28. The quantitative estimate of drug-likeness (QED) is 0.905. The van der Waals surface area contributed by atoms with E-state index in [2.05, 4.69) is 10.2 Å². The van der Waals surface area contributed by atoms with E-state index < -0.39 is 0 Å². The molecule has 7 heteroatoms. The van der Waals surface area contributed by atoms with Crippen molar-refractivity contribution in [3.8, 4) is 0 Å². The zero-order chi connectivity index (χ0) is 13.7. The number of benzene rings is 1. The predicted octanol–water partition coefficient (Wildman–Crippen LogP) is 1.53. The van der Waals surface area contributed by atoms with Crippen molar-refractivity contribution in [1.82, 2.24) is 15.1 Å². The van der Waals surface area contributed by atoms with Crippen molar-refractivity contribution in [2.75, 3.05) is 39.8 Å². The van der Waals surface area contributed by atoms with Crippen LogP contribution in [-0.4, -0.2) is 55.5 Å². The first-order valence-corrected chi connectivity index (χ1v) is 6.57. The molecule has 1 amide bonds. The molecule has 0 aromatic heterocycles. The lowest BCUT2D eigenvalue weighted by atomic mass is 10.2. The lowest BCUT2D eigenvalue weighted by molar-refractivity contribution is -0.131. The summed E-state index contributed by atoms with van der Waals surface area (Å²) in [6.07, 6.45) is 0. The smallest absolute Gasteiger partial charge is 0.236 e. The Morgan fingerprint density at radius 1 is 1.29 bits per heavy atom. The van der Waals surface area contributed by atoms with Gasteiger partial charge in [-0.25, -0.2) is 4.39 Å². The summed E-state index contributed by atoms with van der Waals surface area (Å²) in [5, 5.41) is 3.25.